The summed E-state index contributed by atoms with van der Waals surface area (Å²) in [4.78, 5) is 17.2. The lowest BCUT2D eigenvalue weighted by molar-refractivity contribution is 0.0208. The predicted octanol–water partition coefficient (Wildman–Crippen LogP) is 2.36. The molecule has 0 aliphatic carbocycles. The second-order valence-corrected chi connectivity index (χ2v) is 5.00. The summed E-state index contributed by atoms with van der Waals surface area (Å²) in [5.74, 6) is 0.243. The molecule has 1 aromatic rings. The minimum absolute atomic E-state index is 0.156. The van der Waals surface area contributed by atoms with Crippen molar-refractivity contribution in [3.63, 3.8) is 0 Å². The van der Waals surface area contributed by atoms with Gasteiger partial charge in [-0.05, 0) is 36.5 Å². The molecule has 1 heterocycles. The molecule has 1 aliphatic heterocycles. The minimum atomic E-state index is -0.156. The average Bonchev–Trinajstić information content (AvgIpc) is 2.37. The highest BCUT2D eigenvalue weighted by Crippen LogP contribution is 2.25. The van der Waals surface area contributed by atoms with E-state index < -0.39 is 0 Å². The summed E-state index contributed by atoms with van der Waals surface area (Å²) < 4.78 is 0. The zero-order valence-corrected chi connectivity index (χ0v) is 11.0. The number of hydrogen-bond acceptors (Lipinski definition) is 3. The van der Waals surface area contributed by atoms with Gasteiger partial charge >= 0.3 is 0 Å². The van der Waals surface area contributed by atoms with Crippen LogP contribution in [0.4, 0.5) is 5.69 Å². The Morgan fingerprint density at radius 1 is 1.50 bits per heavy atom. The van der Waals surface area contributed by atoms with Crippen molar-refractivity contribution in [3.8, 4) is 0 Å². The maximum absolute atomic E-state index is 12.0. The van der Waals surface area contributed by atoms with Crippen molar-refractivity contribution in [2.45, 2.75) is 26.7 Å². The number of hydroxylamine groups is 1. The van der Waals surface area contributed by atoms with Crippen molar-refractivity contribution >= 4 is 11.6 Å². The summed E-state index contributed by atoms with van der Waals surface area (Å²) in [7, 11) is 0. The number of fused-ring (bicyclic) bond motifs is 1. The van der Waals surface area contributed by atoms with E-state index in [1.54, 1.807) is 0 Å². The molecule has 1 aromatic carbocycles. The molecule has 2 N–H and O–H groups in total. The molecule has 18 heavy (non-hydrogen) atoms. The fraction of sp³-hybridized carbons (Fsp3) is 0.500. The van der Waals surface area contributed by atoms with Gasteiger partial charge in [0.25, 0.3) is 5.91 Å². The minimum Gasteiger partial charge on any atom is -0.385 e. The topological polar surface area (TPSA) is 50.4 Å². The SMILES string of the molecule is CC(C)CONC(=O)c1cccc2c1CCCN2. The van der Waals surface area contributed by atoms with Crippen LogP contribution in [0.1, 0.15) is 36.2 Å². The van der Waals surface area contributed by atoms with Gasteiger partial charge in [-0.1, -0.05) is 19.9 Å². The van der Waals surface area contributed by atoms with Crippen molar-refractivity contribution in [1.82, 2.24) is 5.48 Å². The largest absolute Gasteiger partial charge is 0.385 e. The number of hydrogen-bond donors (Lipinski definition) is 2. The molecule has 0 bridgehead atoms. The Hall–Kier alpha value is -1.55. The first-order valence-corrected chi connectivity index (χ1v) is 6.46. The quantitative estimate of drug-likeness (QED) is 0.804. The van der Waals surface area contributed by atoms with Gasteiger partial charge in [-0.15, -0.1) is 0 Å². The lowest BCUT2D eigenvalue weighted by atomic mass is 9.97. The molecule has 0 unspecified atom stereocenters. The van der Waals surface area contributed by atoms with Gasteiger partial charge in [0, 0.05) is 17.8 Å². The van der Waals surface area contributed by atoms with E-state index in [0.29, 0.717) is 18.1 Å². The Balaban J connectivity index is 2.06. The van der Waals surface area contributed by atoms with Crippen LogP contribution >= 0.6 is 0 Å². The number of benzene rings is 1. The maximum Gasteiger partial charge on any atom is 0.275 e. The van der Waals surface area contributed by atoms with E-state index >= 15 is 0 Å². The number of carbonyl (C=O) groups excluding carboxylic acids is 1. The van der Waals surface area contributed by atoms with E-state index in [4.69, 9.17) is 4.84 Å². The summed E-state index contributed by atoms with van der Waals surface area (Å²) in [5, 5.41) is 3.31. The Kier molecular flexibility index (Phi) is 4.20. The molecular formula is C14H20N2O2. The lowest BCUT2D eigenvalue weighted by Crippen LogP contribution is -2.27. The van der Waals surface area contributed by atoms with E-state index in [1.807, 2.05) is 32.0 Å². The summed E-state index contributed by atoms with van der Waals surface area (Å²) >= 11 is 0. The number of nitrogens with one attached hydrogen (secondary N) is 2. The molecule has 0 radical (unpaired) electrons. The number of carbonyl (C=O) groups is 1. The van der Waals surface area contributed by atoms with Gasteiger partial charge < -0.3 is 5.32 Å². The van der Waals surface area contributed by atoms with Gasteiger partial charge in [0.2, 0.25) is 0 Å². The fourth-order valence-corrected chi connectivity index (χ4v) is 2.05. The maximum atomic E-state index is 12.0. The highest BCUT2D eigenvalue weighted by atomic mass is 16.6. The number of anilines is 1. The zero-order chi connectivity index (χ0) is 13.0. The van der Waals surface area contributed by atoms with Crippen molar-refractivity contribution in [2.24, 2.45) is 5.92 Å². The van der Waals surface area contributed by atoms with Crippen molar-refractivity contribution in [1.29, 1.82) is 0 Å². The third-order valence-electron chi connectivity index (χ3n) is 2.92. The van der Waals surface area contributed by atoms with E-state index in [1.165, 1.54) is 0 Å². The molecule has 2 rings (SSSR count). The van der Waals surface area contributed by atoms with Crippen molar-refractivity contribution < 1.29 is 9.63 Å². The Bertz CT molecular complexity index is 430. The van der Waals surface area contributed by atoms with Crippen LogP contribution < -0.4 is 10.8 Å². The molecule has 98 valence electrons. The van der Waals surface area contributed by atoms with Crippen LogP contribution in [0.5, 0.6) is 0 Å². The van der Waals surface area contributed by atoms with Gasteiger partial charge in [0.05, 0.1) is 6.61 Å². The Morgan fingerprint density at radius 3 is 3.11 bits per heavy atom. The molecule has 1 amide bonds. The molecule has 0 saturated carbocycles. The van der Waals surface area contributed by atoms with Gasteiger partial charge in [-0.2, -0.15) is 0 Å². The van der Waals surface area contributed by atoms with Crippen LogP contribution in [0.15, 0.2) is 18.2 Å². The zero-order valence-electron chi connectivity index (χ0n) is 11.0. The number of rotatable bonds is 4. The van der Waals surface area contributed by atoms with E-state index in [-0.39, 0.29) is 5.91 Å². The third kappa shape index (κ3) is 3.01. The van der Waals surface area contributed by atoms with E-state index in [0.717, 1.165) is 30.6 Å². The van der Waals surface area contributed by atoms with Gasteiger partial charge in [0.15, 0.2) is 0 Å². The van der Waals surface area contributed by atoms with Crippen LogP contribution in [0.2, 0.25) is 0 Å². The van der Waals surface area contributed by atoms with Crippen LogP contribution in [-0.4, -0.2) is 19.1 Å². The highest BCUT2D eigenvalue weighted by Gasteiger charge is 2.17. The molecule has 0 fully saturated rings. The Labute approximate surface area is 108 Å². The normalized spacial score (nSPS) is 13.9. The first-order valence-electron chi connectivity index (χ1n) is 6.46. The van der Waals surface area contributed by atoms with Crippen molar-refractivity contribution in [3.05, 3.63) is 29.3 Å². The third-order valence-corrected chi connectivity index (χ3v) is 2.92. The first kappa shape index (κ1) is 12.9. The summed E-state index contributed by atoms with van der Waals surface area (Å²) in [6, 6.07) is 5.76. The van der Waals surface area contributed by atoms with Crippen LogP contribution in [0, 0.1) is 5.92 Å². The predicted molar refractivity (Wildman–Crippen MR) is 71.5 cm³/mol. The Morgan fingerprint density at radius 2 is 2.33 bits per heavy atom. The fourth-order valence-electron chi connectivity index (χ4n) is 2.05. The molecule has 4 nitrogen and oxygen atoms in total. The average molecular weight is 248 g/mol. The van der Waals surface area contributed by atoms with Gasteiger partial charge in [-0.3, -0.25) is 9.63 Å². The smallest absolute Gasteiger partial charge is 0.275 e. The van der Waals surface area contributed by atoms with Gasteiger partial charge in [0.1, 0.15) is 0 Å². The monoisotopic (exact) mass is 248 g/mol. The van der Waals surface area contributed by atoms with Crippen LogP contribution in [0.3, 0.4) is 0 Å². The van der Waals surface area contributed by atoms with Crippen LogP contribution in [0.25, 0.3) is 0 Å². The standard InChI is InChI=1S/C14H20N2O2/c1-10(2)9-18-16-14(17)12-5-3-7-13-11(12)6-4-8-15-13/h3,5,7,10,15H,4,6,8-9H2,1-2H3,(H,16,17). The van der Waals surface area contributed by atoms with E-state index in [9.17, 15) is 4.79 Å². The second-order valence-electron chi connectivity index (χ2n) is 5.00. The molecule has 0 aromatic heterocycles. The molecule has 0 saturated heterocycles. The van der Waals surface area contributed by atoms with Gasteiger partial charge in [-0.25, -0.2) is 5.48 Å². The molecule has 1 aliphatic rings. The summed E-state index contributed by atoms with van der Waals surface area (Å²) in [6.07, 6.45) is 2.00. The molecule has 0 spiro atoms. The molecular weight excluding hydrogens is 228 g/mol. The lowest BCUT2D eigenvalue weighted by Gasteiger charge is -2.20. The molecule has 0 atom stereocenters. The summed E-state index contributed by atoms with van der Waals surface area (Å²) in [5.41, 5.74) is 5.38. The van der Waals surface area contributed by atoms with E-state index in [2.05, 4.69) is 10.8 Å². The number of amides is 1. The summed E-state index contributed by atoms with van der Waals surface area (Å²) in [6.45, 7) is 5.59. The van der Waals surface area contributed by atoms with Crippen LogP contribution in [-0.2, 0) is 11.3 Å². The van der Waals surface area contributed by atoms with Crippen molar-refractivity contribution in [2.75, 3.05) is 18.5 Å². The second kappa shape index (κ2) is 5.87. The molecule has 4 heteroatoms. The first-order chi connectivity index (χ1) is 8.68. The highest BCUT2D eigenvalue weighted by molar-refractivity contribution is 5.96.